The van der Waals surface area contributed by atoms with Gasteiger partial charge in [-0.25, -0.2) is 0 Å². The molecule has 3 nitrogen and oxygen atoms in total. The van der Waals surface area contributed by atoms with E-state index in [4.69, 9.17) is 5.11 Å². The van der Waals surface area contributed by atoms with Crippen molar-refractivity contribution in [2.45, 2.75) is 13.8 Å². The molecule has 0 aromatic carbocycles. The van der Waals surface area contributed by atoms with E-state index in [0.717, 1.165) is 39.3 Å². The maximum Gasteiger partial charge on any atom is 0.0558 e. The fourth-order valence-electron chi connectivity index (χ4n) is 1.76. The summed E-state index contributed by atoms with van der Waals surface area (Å²) in [5.74, 6) is 0. The number of allylic oxidation sites excluding steroid dienone is 1. The van der Waals surface area contributed by atoms with Gasteiger partial charge in [0.25, 0.3) is 0 Å². The summed E-state index contributed by atoms with van der Waals surface area (Å²) >= 11 is 0. The normalized spacial score (nSPS) is 21.5. The lowest BCUT2D eigenvalue weighted by Gasteiger charge is -2.34. The molecule has 0 unspecified atom stereocenters. The predicted octanol–water partition coefficient (Wildman–Crippen LogP) is 0.562. The van der Waals surface area contributed by atoms with Gasteiger partial charge in [-0.3, -0.25) is 9.80 Å². The molecule has 14 heavy (non-hydrogen) atoms. The van der Waals surface area contributed by atoms with Crippen LogP contribution in [0.15, 0.2) is 11.6 Å². The summed E-state index contributed by atoms with van der Waals surface area (Å²) in [6.07, 6.45) is 2.18. The van der Waals surface area contributed by atoms with Crippen molar-refractivity contribution in [2.24, 2.45) is 0 Å². The Morgan fingerprint density at radius 2 is 1.79 bits per heavy atom. The molecule has 0 aromatic rings. The first-order chi connectivity index (χ1) is 6.76. The topological polar surface area (TPSA) is 26.7 Å². The number of hydrogen-bond donors (Lipinski definition) is 1. The van der Waals surface area contributed by atoms with Crippen molar-refractivity contribution >= 4 is 0 Å². The molecule has 1 rings (SSSR count). The molecular weight excluding hydrogens is 176 g/mol. The lowest BCUT2D eigenvalue weighted by Crippen LogP contribution is -2.47. The average Bonchev–Trinajstić information content (AvgIpc) is 2.21. The quantitative estimate of drug-likeness (QED) is 0.669. The highest BCUT2D eigenvalue weighted by Gasteiger charge is 2.15. The molecule has 82 valence electrons. The van der Waals surface area contributed by atoms with Gasteiger partial charge < -0.3 is 5.11 Å². The molecule has 0 amide bonds. The predicted molar refractivity (Wildman–Crippen MR) is 59.4 cm³/mol. The van der Waals surface area contributed by atoms with Gasteiger partial charge in [0.2, 0.25) is 0 Å². The van der Waals surface area contributed by atoms with Crippen LogP contribution in [0.25, 0.3) is 0 Å². The second-order valence-corrected chi connectivity index (χ2v) is 3.98. The highest BCUT2D eigenvalue weighted by atomic mass is 16.3. The Morgan fingerprint density at radius 3 is 2.29 bits per heavy atom. The van der Waals surface area contributed by atoms with Crippen molar-refractivity contribution in [2.75, 3.05) is 45.9 Å². The van der Waals surface area contributed by atoms with E-state index in [1.165, 1.54) is 5.57 Å². The zero-order valence-electron chi connectivity index (χ0n) is 9.37. The molecule has 0 saturated carbocycles. The molecule has 0 bridgehead atoms. The summed E-state index contributed by atoms with van der Waals surface area (Å²) < 4.78 is 0. The number of β-amino-alcohol motifs (C(OH)–C–C–N with tert-alkyl or cyclic N) is 1. The summed E-state index contributed by atoms with van der Waals surface area (Å²) in [6, 6.07) is 0. The van der Waals surface area contributed by atoms with Crippen LogP contribution in [0.1, 0.15) is 13.8 Å². The van der Waals surface area contributed by atoms with Crippen molar-refractivity contribution in [3.05, 3.63) is 11.6 Å². The average molecular weight is 198 g/mol. The minimum absolute atomic E-state index is 0.286. The molecule has 0 atom stereocenters. The van der Waals surface area contributed by atoms with E-state index in [2.05, 4.69) is 29.7 Å². The van der Waals surface area contributed by atoms with Gasteiger partial charge >= 0.3 is 0 Å². The molecule has 0 radical (unpaired) electrons. The van der Waals surface area contributed by atoms with Gasteiger partial charge in [-0.2, -0.15) is 0 Å². The molecule has 1 fully saturated rings. The van der Waals surface area contributed by atoms with Crippen LogP contribution in [0.2, 0.25) is 0 Å². The lowest BCUT2D eigenvalue weighted by molar-refractivity contribution is 0.118. The minimum Gasteiger partial charge on any atom is -0.395 e. The monoisotopic (exact) mass is 198 g/mol. The summed E-state index contributed by atoms with van der Waals surface area (Å²) in [7, 11) is 0. The summed E-state index contributed by atoms with van der Waals surface area (Å²) in [4.78, 5) is 4.80. The van der Waals surface area contributed by atoms with Gasteiger partial charge in [0.05, 0.1) is 6.61 Å². The molecule has 0 aliphatic carbocycles. The molecule has 1 saturated heterocycles. The van der Waals surface area contributed by atoms with Crippen molar-refractivity contribution in [3.63, 3.8) is 0 Å². The smallest absolute Gasteiger partial charge is 0.0558 e. The fraction of sp³-hybridized carbons (Fsp3) is 0.818. The molecule has 1 aliphatic heterocycles. The van der Waals surface area contributed by atoms with Crippen molar-refractivity contribution in [1.82, 2.24) is 9.80 Å². The molecule has 1 aliphatic rings. The maximum atomic E-state index is 8.80. The van der Waals surface area contributed by atoms with Crippen LogP contribution in [0.3, 0.4) is 0 Å². The van der Waals surface area contributed by atoms with Gasteiger partial charge in [0.1, 0.15) is 0 Å². The fourth-order valence-corrected chi connectivity index (χ4v) is 1.76. The Hall–Kier alpha value is -0.380. The van der Waals surface area contributed by atoms with Gasteiger partial charge in [-0.05, 0) is 13.8 Å². The first kappa shape index (κ1) is 11.7. The Labute approximate surface area is 87.0 Å². The van der Waals surface area contributed by atoms with Gasteiger partial charge in [-0.1, -0.05) is 11.6 Å². The Balaban J connectivity index is 2.22. The number of rotatable bonds is 4. The van der Waals surface area contributed by atoms with E-state index in [0.29, 0.717) is 0 Å². The van der Waals surface area contributed by atoms with E-state index in [-0.39, 0.29) is 6.61 Å². The lowest BCUT2D eigenvalue weighted by atomic mass is 10.2. The van der Waals surface area contributed by atoms with Crippen LogP contribution in [-0.2, 0) is 0 Å². The number of piperazine rings is 1. The highest BCUT2D eigenvalue weighted by Crippen LogP contribution is 2.04. The Kier molecular flexibility index (Phi) is 5.15. The third-order valence-corrected chi connectivity index (χ3v) is 2.85. The summed E-state index contributed by atoms with van der Waals surface area (Å²) in [5.41, 5.74) is 1.45. The second-order valence-electron chi connectivity index (χ2n) is 3.98. The highest BCUT2D eigenvalue weighted by molar-refractivity contribution is 4.99. The van der Waals surface area contributed by atoms with E-state index in [1.807, 2.05) is 0 Å². The van der Waals surface area contributed by atoms with E-state index in [1.54, 1.807) is 0 Å². The molecule has 0 aromatic heterocycles. The Morgan fingerprint density at radius 1 is 1.21 bits per heavy atom. The maximum absolute atomic E-state index is 8.80. The van der Waals surface area contributed by atoms with Crippen LogP contribution in [0.4, 0.5) is 0 Å². The number of nitrogens with zero attached hydrogens (tertiary/aromatic N) is 2. The van der Waals surface area contributed by atoms with Crippen LogP contribution < -0.4 is 0 Å². The summed E-state index contributed by atoms with van der Waals surface area (Å²) in [6.45, 7) is 10.9. The second kappa shape index (κ2) is 6.17. The van der Waals surface area contributed by atoms with Gasteiger partial charge in [0.15, 0.2) is 0 Å². The number of aliphatic hydroxyl groups is 1. The third-order valence-electron chi connectivity index (χ3n) is 2.85. The zero-order valence-corrected chi connectivity index (χ0v) is 9.37. The number of hydrogen-bond acceptors (Lipinski definition) is 3. The first-order valence-electron chi connectivity index (χ1n) is 5.43. The van der Waals surface area contributed by atoms with Crippen LogP contribution in [0.5, 0.6) is 0 Å². The van der Waals surface area contributed by atoms with Crippen LogP contribution >= 0.6 is 0 Å². The first-order valence-corrected chi connectivity index (χ1v) is 5.43. The van der Waals surface area contributed by atoms with Crippen LogP contribution in [0, 0.1) is 0 Å². The SMILES string of the molecule is CC=C(C)CN1CCN(CCO)CC1. The molecule has 1 heterocycles. The standard InChI is InChI=1S/C11H22N2O/c1-3-11(2)10-13-6-4-12(5-7-13)8-9-14/h3,14H,4-10H2,1-2H3. The van der Waals surface area contributed by atoms with E-state index >= 15 is 0 Å². The minimum atomic E-state index is 0.286. The van der Waals surface area contributed by atoms with E-state index < -0.39 is 0 Å². The van der Waals surface area contributed by atoms with Crippen molar-refractivity contribution in [3.8, 4) is 0 Å². The van der Waals surface area contributed by atoms with E-state index in [9.17, 15) is 0 Å². The van der Waals surface area contributed by atoms with Gasteiger partial charge in [0, 0.05) is 39.3 Å². The largest absolute Gasteiger partial charge is 0.395 e. The molecule has 3 heteroatoms. The van der Waals surface area contributed by atoms with Crippen LogP contribution in [-0.4, -0.2) is 60.8 Å². The summed E-state index contributed by atoms with van der Waals surface area (Å²) in [5, 5.41) is 8.80. The van der Waals surface area contributed by atoms with Gasteiger partial charge in [-0.15, -0.1) is 0 Å². The third kappa shape index (κ3) is 3.78. The molecule has 1 N–H and O–H groups in total. The zero-order chi connectivity index (χ0) is 10.4. The number of aliphatic hydroxyl groups excluding tert-OH is 1. The van der Waals surface area contributed by atoms with Crippen molar-refractivity contribution < 1.29 is 5.11 Å². The Bertz CT molecular complexity index is 184. The molecule has 0 spiro atoms. The van der Waals surface area contributed by atoms with Crippen molar-refractivity contribution in [1.29, 1.82) is 0 Å². The molecular formula is C11H22N2O.